The van der Waals surface area contributed by atoms with Crippen LogP contribution in [-0.4, -0.2) is 102 Å². The zero-order valence-electron chi connectivity index (χ0n) is 45.0. The zero-order chi connectivity index (χ0) is 52.2. The van der Waals surface area contributed by atoms with Crippen LogP contribution in [-0.2, 0) is 65.8 Å². The van der Waals surface area contributed by atoms with Crippen molar-refractivity contribution >= 4 is 146 Å². The second-order valence-electron chi connectivity index (χ2n) is 22.6. The van der Waals surface area contributed by atoms with Crippen LogP contribution in [0.4, 0.5) is 0 Å². The fourth-order valence-electron chi connectivity index (χ4n) is 7.49. The predicted molar refractivity (Wildman–Crippen MR) is 291 cm³/mol. The van der Waals surface area contributed by atoms with Gasteiger partial charge in [-0.15, -0.1) is 44.3 Å². The van der Waals surface area contributed by atoms with Crippen LogP contribution in [0.1, 0.15) is 166 Å². The SMILES string of the molecule is CC(C)[Si]1(Cl)O[Si](Cl)(C(C)C)O[Si]2(C(C)C)O[Si](C(C)C)(O1)O[Si]1(C(C)C)O[Si](C(C)C)(O2)O[Si]2(C(C)C)O[Si](C(C)C)(O1)O[Si]1(C(C)C)O[Si](Cl)(C(C)C)O[Si](Cl)(C(C)C)O[Si@@](C(C)C)(O1)O2. The second kappa shape index (κ2) is 20.7. The van der Waals surface area contributed by atoms with Crippen LogP contribution < -0.4 is 0 Å². The summed E-state index contributed by atoms with van der Waals surface area (Å²) in [6.07, 6.45) is 0. The van der Waals surface area contributed by atoms with Crippen LogP contribution in [0.3, 0.4) is 0 Å². The van der Waals surface area contributed by atoms with Gasteiger partial charge in [0.05, 0.1) is 0 Å². The summed E-state index contributed by atoms with van der Waals surface area (Å²) in [6, 6.07) is 0. The highest BCUT2D eigenvalue weighted by atomic mass is 35.6. The second-order valence-corrected chi connectivity index (χ2v) is 70.2. The molecule has 0 aliphatic carbocycles. The van der Waals surface area contributed by atoms with Crippen molar-refractivity contribution in [2.24, 2.45) is 0 Å². The average molecular weight is 1250 g/mol. The first-order chi connectivity index (χ1) is 30.6. The third kappa shape index (κ3) is 11.0. The van der Waals surface area contributed by atoms with E-state index in [1.807, 2.05) is 166 Å². The molecule has 0 aromatic heterocycles. The van der Waals surface area contributed by atoms with Crippen molar-refractivity contribution in [3.63, 3.8) is 0 Å². The van der Waals surface area contributed by atoms with Gasteiger partial charge >= 0.3 is 102 Å². The Morgan fingerprint density at radius 2 is 0.265 bits per heavy atom. The molecular weight excluding hydrogens is 1170 g/mol. The van der Waals surface area contributed by atoms with Crippen LogP contribution in [0.15, 0.2) is 0 Å². The van der Waals surface area contributed by atoms with Gasteiger partial charge in [-0.2, -0.15) is 0 Å². The minimum Gasteiger partial charge on any atom is -0.392 e. The van der Waals surface area contributed by atoms with Gasteiger partial charge in [-0.1, -0.05) is 166 Å². The molecule has 0 spiro atoms. The van der Waals surface area contributed by atoms with Gasteiger partial charge in [0.1, 0.15) is 0 Å². The fourth-order valence-corrected chi connectivity index (χ4v) is 86.6. The number of hydrogen-bond donors (Lipinski definition) is 0. The van der Waals surface area contributed by atoms with E-state index in [2.05, 4.69) is 0 Å². The summed E-state index contributed by atoms with van der Waals surface area (Å²) in [5.74, 6) is 0. The molecule has 5 aliphatic heterocycles. The smallest absolute Gasteiger partial charge is 0.392 e. The maximum absolute atomic E-state index is 7.98. The molecule has 5 saturated heterocycles. The monoisotopic (exact) mass is 1250 g/mol. The maximum Gasteiger partial charge on any atom is 0.481 e. The summed E-state index contributed by atoms with van der Waals surface area (Å²) in [4.78, 5) is 0. The van der Waals surface area contributed by atoms with Crippen molar-refractivity contribution < 1.29 is 65.8 Å². The highest BCUT2D eigenvalue weighted by Gasteiger charge is 2.84. The summed E-state index contributed by atoms with van der Waals surface area (Å²) in [7, 11) is -50.9. The number of halogens is 4. The van der Waals surface area contributed by atoms with E-state index in [0.29, 0.717) is 0 Å². The molecule has 5 rings (SSSR count). The molecule has 0 N–H and O–H groups in total. The topological polar surface area (TPSA) is 148 Å². The Bertz CT molecular complexity index is 1570. The van der Waals surface area contributed by atoms with Gasteiger partial charge in [-0.05, 0) is 0 Å². The van der Waals surface area contributed by atoms with Crippen molar-refractivity contribution in [1.82, 2.24) is 0 Å². The van der Waals surface area contributed by atoms with Crippen molar-refractivity contribution in [2.75, 3.05) is 0 Å². The van der Waals surface area contributed by atoms with E-state index in [4.69, 9.17) is 110 Å². The van der Waals surface area contributed by atoms with Crippen LogP contribution in [0, 0.1) is 0 Å². The quantitative estimate of drug-likeness (QED) is 0.135. The van der Waals surface area contributed by atoms with E-state index in [1.165, 1.54) is 0 Å². The highest BCUT2D eigenvalue weighted by molar-refractivity contribution is 7.27. The number of hydrogen-bond acceptors (Lipinski definition) is 16. The van der Waals surface area contributed by atoms with E-state index < -0.39 is 146 Å². The van der Waals surface area contributed by atoms with Crippen LogP contribution in [0.5, 0.6) is 0 Å². The summed E-state index contributed by atoms with van der Waals surface area (Å²) in [5.41, 5.74) is -5.32. The Hall–Kier alpha value is 3.12. The van der Waals surface area contributed by atoms with Crippen molar-refractivity contribution in [3.8, 4) is 0 Å². The zero-order valence-corrected chi connectivity index (χ0v) is 60.0. The molecule has 0 aromatic carbocycles. The van der Waals surface area contributed by atoms with Gasteiger partial charge < -0.3 is 65.8 Å². The number of rotatable bonds is 12. The molecule has 32 heteroatoms. The molecule has 5 heterocycles. The van der Waals surface area contributed by atoms with E-state index in [-0.39, 0.29) is 22.2 Å². The lowest BCUT2D eigenvalue weighted by atomic mass is 10.6. The molecule has 0 radical (unpaired) electrons. The average Bonchev–Trinajstić information content (AvgIpc) is 3.13. The lowest BCUT2D eigenvalue weighted by Gasteiger charge is -2.63. The molecule has 5 aliphatic rings. The maximum atomic E-state index is 7.98. The van der Waals surface area contributed by atoms with E-state index in [9.17, 15) is 0 Å². The standard InChI is InChI=1S/C36H84Cl4O16Si12/c1-25(2)57(37)41-58(38,26(3)4)44-62(30(11)12)47-61(43-57,29(9)10)49-65(33(17)18)53-66(50-62,34(19)20)56-68(36(23)24)52-64(32(15)16)46-60(40,28(7)8)42-59(39,27(5)6)45-63(48-64,31(13)14)51-67(54-68,55-65)35(21)22/h25-36H,1-24H3/t57?,58?,59?,60?,61-,62?,63?,64?,65?,66?,67?,68?/m0/s1. The van der Waals surface area contributed by atoms with Crippen molar-refractivity contribution in [2.45, 2.75) is 233 Å². The van der Waals surface area contributed by atoms with Gasteiger partial charge in [0.25, 0.3) is 0 Å². The normalized spacial score (nSPS) is 45.5. The molecular formula is C36H84Cl4O16Si12. The fraction of sp³-hybridized carbons (Fsp3) is 1.00. The third-order valence-corrected chi connectivity index (χ3v) is 76.8. The van der Waals surface area contributed by atoms with E-state index in [0.717, 1.165) is 0 Å². The lowest BCUT2D eigenvalue weighted by molar-refractivity contribution is -0.00468. The van der Waals surface area contributed by atoms with Gasteiger partial charge in [0.15, 0.2) is 0 Å². The molecule has 5 fully saturated rings. The molecule has 0 aromatic rings. The molecule has 12 atom stereocenters. The first kappa shape index (κ1) is 62.0. The van der Waals surface area contributed by atoms with E-state index >= 15 is 0 Å². The Morgan fingerprint density at radius 1 is 0.162 bits per heavy atom. The van der Waals surface area contributed by atoms with Crippen molar-refractivity contribution in [3.05, 3.63) is 0 Å². The lowest BCUT2D eigenvalue weighted by Crippen LogP contribution is -2.86. The minimum atomic E-state index is -4.50. The predicted octanol–water partition coefficient (Wildman–Crippen LogP) is 13.5. The Kier molecular flexibility index (Phi) is 18.9. The van der Waals surface area contributed by atoms with Gasteiger partial charge in [0.2, 0.25) is 0 Å². The Morgan fingerprint density at radius 3 is 0.353 bits per heavy atom. The van der Waals surface area contributed by atoms with Gasteiger partial charge in [0, 0.05) is 66.5 Å². The van der Waals surface area contributed by atoms with Crippen LogP contribution in [0.25, 0.3) is 0 Å². The van der Waals surface area contributed by atoms with Crippen molar-refractivity contribution in [1.29, 1.82) is 0 Å². The van der Waals surface area contributed by atoms with Crippen LogP contribution in [0.2, 0.25) is 66.5 Å². The largest absolute Gasteiger partial charge is 0.481 e. The first-order valence-corrected chi connectivity index (χ1v) is 50.6. The minimum absolute atomic E-state index is 0.342. The van der Waals surface area contributed by atoms with Crippen LogP contribution >= 0.6 is 44.3 Å². The van der Waals surface area contributed by atoms with Gasteiger partial charge in [-0.3, -0.25) is 0 Å². The summed E-state index contributed by atoms with van der Waals surface area (Å²) >= 11 is 31.0. The highest BCUT2D eigenvalue weighted by Crippen LogP contribution is 2.59. The number of fused-ring (bicyclic) bond motifs is 8. The summed E-state index contributed by atoms with van der Waals surface area (Å²) < 4.78 is 123. The summed E-state index contributed by atoms with van der Waals surface area (Å²) in [6.45, 7) is 47.3. The molecule has 400 valence electrons. The van der Waals surface area contributed by atoms with E-state index in [1.54, 1.807) is 0 Å². The Balaban J connectivity index is 2.03. The van der Waals surface area contributed by atoms with Gasteiger partial charge in [-0.25, -0.2) is 0 Å². The summed E-state index contributed by atoms with van der Waals surface area (Å²) in [5, 5.41) is 0. The molecule has 16 nitrogen and oxygen atoms in total. The Labute approximate surface area is 441 Å². The molecule has 68 heavy (non-hydrogen) atoms. The first-order valence-electron chi connectivity index (χ1n) is 24.6. The molecule has 11 unspecified atom stereocenters. The third-order valence-electron chi connectivity index (χ3n) is 12.9. The molecule has 8 bridgehead atoms. The molecule has 0 saturated carbocycles. The molecule has 0 amide bonds.